The van der Waals surface area contributed by atoms with Gasteiger partial charge >= 0.3 is 0 Å². The molecule has 25 heavy (non-hydrogen) atoms. The van der Waals surface area contributed by atoms with Crippen molar-refractivity contribution in [3.8, 4) is 0 Å². The summed E-state index contributed by atoms with van der Waals surface area (Å²) >= 11 is 0. The molecule has 0 bridgehead atoms. The first kappa shape index (κ1) is 20.2. The van der Waals surface area contributed by atoms with Crippen molar-refractivity contribution in [3.63, 3.8) is 0 Å². The van der Waals surface area contributed by atoms with Crippen LogP contribution in [0, 0.1) is 5.92 Å². The van der Waals surface area contributed by atoms with Gasteiger partial charge in [0.25, 0.3) is 5.91 Å². The summed E-state index contributed by atoms with van der Waals surface area (Å²) in [5, 5.41) is 2.81. The van der Waals surface area contributed by atoms with Gasteiger partial charge in [0, 0.05) is 38.9 Å². The molecule has 1 atom stereocenters. The summed E-state index contributed by atoms with van der Waals surface area (Å²) in [6.07, 6.45) is 6.60. The van der Waals surface area contributed by atoms with Crippen LogP contribution in [0.2, 0.25) is 0 Å². The number of rotatable bonds is 6. The number of hydrogen-bond donors (Lipinski definition) is 2. The fourth-order valence-corrected chi connectivity index (χ4v) is 4.74. The van der Waals surface area contributed by atoms with Crippen LogP contribution >= 0.6 is 12.4 Å². The van der Waals surface area contributed by atoms with Crippen molar-refractivity contribution in [2.24, 2.45) is 18.7 Å². The number of carbonyl (C=O) groups excluding carboxylic acids is 1. The van der Waals surface area contributed by atoms with Gasteiger partial charge in [-0.2, -0.15) is 4.31 Å². The van der Waals surface area contributed by atoms with Crippen molar-refractivity contribution in [1.82, 2.24) is 14.2 Å². The molecule has 2 fully saturated rings. The number of nitrogens with two attached hydrogens (primary N) is 1. The number of nitrogens with zero attached hydrogens (tertiary/aromatic N) is 2. The monoisotopic (exact) mass is 390 g/mol. The van der Waals surface area contributed by atoms with E-state index in [1.165, 1.54) is 16.6 Å². The predicted molar refractivity (Wildman–Crippen MR) is 98.3 cm³/mol. The van der Waals surface area contributed by atoms with Crippen molar-refractivity contribution >= 4 is 28.3 Å². The lowest BCUT2D eigenvalue weighted by Gasteiger charge is -2.25. The summed E-state index contributed by atoms with van der Waals surface area (Å²) in [7, 11) is -1.84. The van der Waals surface area contributed by atoms with Gasteiger partial charge in [-0.05, 0) is 37.7 Å². The van der Waals surface area contributed by atoms with E-state index in [1.54, 1.807) is 11.6 Å². The second-order valence-electron chi connectivity index (χ2n) is 6.85. The lowest BCUT2D eigenvalue weighted by atomic mass is 10.2. The largest absolute Gasteiger partial charge is 0.349 e. The normalized spacial score (nSPS) is 19.9. The number of amides is 1. The average molecular weight is 391 g/mol. The Morgan fingerprint density at radius 3 is 2.56 bits per heavy atom. The third kappa shape index (κ3) is 4.55. The van der Waals surface area contributed by atoms with Crippen LogP contribution in [0.25, 0.3) is 0 Å². The van der Waals surface area contributed by atoms with Crippen molar-refractivity contribution in [2.45, 2.75) is 43.0 Å². The summed E-state index contributed by atoms with van der Waals surface area (Å²) in [6, 6.07) is 1.44. The van der Waals surface area contributed by atoms with Crippen LogP contribution in [-0.4, -0.2) is 48.9 Å². The van der Waals surface area contributed by atoms with E-state index in [0.717, 1.165) is 32.1 Å². The zero-order chi connectivity index (χ0) is 17.3. The van der Waals surface area contributed by atoms with Crippen molar-refractivity contribution in [2.75, 3.05) is 19.6 Å². The first-order valence-corrected chi connectivity index (χ1v) is 10.0. The molecule has 0 radical (unpaired) electrons. The highest BCUT2D eigenvalue weighted by Gasteiger charge is 2.30. The Balaban J connectivity index is 0.00000225. The van der Waals surface area contributed by atoms with E-state index in [0.29, 0.717) is 31.2 Å². The topological polar surface area (TPSA) is 97.4 Å². The van der Waals surface area contributed by atoms with Crippen LogP contribution < -0.4 is 11.1 Å². The van der Waals surface area contributed by atoms with Gasteiger partial charge in [-0.25, -0.2) is 8.42 Å². The standard InChI is InChI=1S/C16H26N4O3S.ClH/c1-19-11-13(24(22,23)20-7-3-2-4-8-20)9-15(19)16(21)18-10-14(17)12-5-6-12;/h9,11-12,14H,2-8,10,17H2,1H3,(H,18,21);1H. The molecule has 142 valence electrons. The molecule has 9 heteroatoms. The summed E-state index contributed by atoms with van der Waals surface area (Å²) in [4.78, 5) is 12.5. The zero-order valence-corrected chi connectivity index (χ0v) is 16.1. The maximum atomic E-state index is 12.7. The molecule has 1 aliphatic carbocycles. The molecular weight excluding hydrogens is 364 g/mol. The molecule has 2 aliphatic rings. The number of halogens is 1. The second kappa shape index (κ2) is 8.07. The van der Waals surface area contributed by atoms with Crippen molar-refractivity contribution < 1.29 is 13.2 Å². The van der Waals surface area contributed by atoms with Crippen LogP contribution in [0.15, 0.2) is 17.2 Å². The van der Waals surface area contributed by atoms with E-state index in [9.17, 15) is 13.2 Å². The quantitative estimate of drug-likeness (QED) is 0.759. The summed E-state index contributed by atoms with van der Waals surface area (Å²) in [5.74, 6) is 0.224. The predicted octanol–water partition coefficient (Wildman–Crippen LogP) is 1.09. The van der Waals surface area contributed by atoms with Crippen LogP contribution in [0.5, 0.6) is 0 Å². The average Bonchev–Trinajstić information content (AvgIpc) is 3.35. The number of sulfonamides is 1. The molecule has 1 aromatic rings. The molecule has 0 spiro atoms. The van der Waals surface area contributed by atoms with Gasteiger partial charge in [0.2, 0.25) is 10.0 Å². The zero-order valence-electron chi connectivity index (χ0n) is 14.5. The number of aryl methyl sites for hydroxylation is 1. The fraction of sp³-hybridized carbons (Fsp3) is 0.688. The van der Waals surface area contributed by atoms with Gasteiger partial charge in [0.05, 0.1) is 0 Å². The highest BCUT2D eigenvalue weighted by Crippen LogP contribution is 2.31. The molecule has 1 saturated heterocycles. The van der Waals surface area contributed by atoms with Gasteiger partial charge in [-0.3, -0.25) is 4.79 Å². The van der Waals surface area contributed by atoms with Crippen molar-refractivity contribution in [1.29, 1.82) is 0 Å². The molecule has 1 unspecified atom stereocenters. The second-order valence-corrected chi connectivity index (χ2v) is 8.79. The van der Waals surface area contributed by atoms with Crippen LogP contribution in [0.4, 0.5) is 0 Å². The number of carbonyl (C=O) groups is 1. The third-order valence-corrected chi connectivity index (χ3v) is 6.76. The van der Waals surface area contributed by atoms with Gasteiger partial charge in [0.15, 0.2) is 0 Å². The maximum absolute atomic E-state index is 12.7. The SMILES string of the molecule is Cl.Cn1cc(S(=O)(=O)N2CCCCC2)cc1C(=O)NCC(N)C1CC1. The summed E-state index contributed by atoms with van der Waals surface area (Å²) in [5.41, 5.74) is 6.33. The smallest absolute Gasteiger partial charge is 0.267 e. The van der Waals surface area contributed by atoms with Gasteiger partial charge < -0.3 is 15.6 Å². The first-order chi connectivity index (χ1) is 11.4. The first-order valence-electron chi connectivity index (χ1n) is 8.60. The van der Waals surface area contributed by atoms with Crippen LogP contribution in [0.3, 0.4) is 0 Å². The van der Waals surface area contributed by atoms with E-state index >= 15 is 0 Å². The van der Waals surface area contributed by atoms with E-state index < -0.39 is 10.0 Å². The molecule has 3 rings (SSSR count). The highest BCUT2D eigenvalue weighted by molar-refractivity contribution is 7.89. The molecule has 0 aromatic carbocycles. The maximum Gasteiger partial charge on any atom is 0.267 e. The molecule has 3 N–H and O–H groups in total. The lowest BCUT2D eigenvalue weighted by Crippen LogP contribution is -2.39. The summed E-state index contributed by atoms with van der Waals surface area (Å²) < 4.78 is 28.5. The Morgan fingerprint density at radius 1 is 1.32 bits per heavy atom. The number of nitrogens with one attached hydrogen (secondary N) is 1. The summed E-state index contributed by atoms with van der Waals surface area (Å²) in [6.45, 7) is 1.52. The molecule has 1 amide bonds. The molecule has 1 saturated carbocycles. The minimum Gasteiger partial charge on any atom is -0.349 e. The number of hydrogen-bond acceptors (Lipinski definition) is 4. The minimum atomic E-state index is -3.52. The fourth-order valence-electron chi connectivity index (χ4n) is 3.15. The Bertz CT molecular complexity index is 709. The van der Waals surface area contributed by atoms with Gasteiger partial charge in [-0.15, -0.1) is 12.4 Å². The Kier molecular flexibility index (Phi) is 6.53. The van der Waals surface area contributed by atoms with Crippen LogP contribution in [0.1, 0.15) is 42.6 Å². The van der Waals surface area contributed by atoms with Gasteiger partial charge in [-0.1, -0.05) is 6.42 Å². The van der Waals surface area contributed by atoms with Crippen molar-refractivity contribution in [3.05, 3.63) is 18.0 Å². The highest BCUT2D eigenvalue weighted by atomic mass is 35.5. The molecule has 7 nitrogen and oxygen atoms in total. The molecule has 1 aliphatic heterocycles. The Labute approximate surface area is 155 Å². The number of piperidine rings is 1. The lowest BCUT2D eigenvalue weighted by molar-refractivity contribution is 0.0942. The Morgan fingerprint density at radius 2 is 1.96 bits per heavy atom. The van der Waals surface area contributed by atoms with E-state index in [-0.39, 0.29) is 29.3 Å². The molecule has 2 heterocycles. The van der Waals surface area contributed by atoms with E-state index in [4.69, 9.17) is 5.73 Å². The van der Waals surface area contributed by atoms with Crippen LogP contribution in [-0.2, 0) is 17.1 Å². The van der Waals surface area contributed by atoms with Gasteiger partial charge in [0.1, 0.15) is 10.6 Å². The Hall–Kier alpha value is -1.09. The third-order valence-electron chi connectivity index (χ3n) is 4.89. The number of aromatic nitrogens is 1. The minimum absolute atomic E-state index is 0. The molecule has 1 aromatic heterocycles. The molecular formula is C16H27ClN4O3S. The van der Waals surface area contributed by atoms with E-state index in [2.05, 4.69) is 5.32 Å². The van der Waals surface area contributed by atoms with E-state index in [1.807, 2.05) is 0 Å².